The summed E-state index contributed by atoms with van der Waals surface area (Å²) in [4.78, 5) is 29.4. The summed E-state index contributed by atoms with van der Waals surface area (Å²) in [5, 5.41) is 0. The van der Waals surface area contributed by atoms with Crippen molar-refractivity contribution < 1.29 is 19.1 Å². The number of aryl methyl sites for hydroxylation is 1. The van der Waals surface area contributed by atoms with Crippen molar-refractivity contribution in [3.63, 3.8) is 0 Å². The highest BCUT2D eigenvalue weighted by Crippen LogP contribution is 2.38. The molecule has 2 aromatic rings. The normalized spacial score (nSPS) is 16.5. The number of fused-ring (bicyclic) bond motifs is 1. The van der Waals surface area contributed by atoms with Crippen LogP contribution >= 0.6 is 12.4 Å². The Bertz CT molecular complexity index is 1100. The SMILES string of the molecule is COc1cc2c(cc1OC)CN(CCCCC(=O)c1cc3c4c(c1)CCN4C(=O)CC3)CC2.Cl. The number of rotatable bonds is 8. The van der Waals surface area contributed by atoms with Crippen LogP contribution in [0.25, 0.3) is 0 Å². The molecule has 0 N–H and O–H groups in total. The largest absolute Gasteiger partial charge is 0.493 e. The zero-order valence-electron chi connectivity index (χ0n) is 20.0. The van der Waals surface area contributed by atoms with Crippen molar-refractivity contribution in [3.05, 3.63) is 52.1 Å². The fourth-order valence-electron chi connectivity index (χ4n) is 5.52. The number of carbonyl (C=O) groups is 2. The fourth-order valence-corrected chi connectivity index (χ4v) is 5.52. The molecule has 3 heterocycles. The van der Waals surface area contributed by atoms with Gasteiger partial charge in [-0.3, -0.25) is 14.5 Å². The molecule has 3 aliphatic rings. The van der Waals surface area contributed by atoms with Gasteiger partial charge in [-0.25, -0.2) is 0 Å². The molecule has 0 fully saturated rings. The molecule has 0 spiro atoms. The van der Waals surface area contributed by atoms with E-state index in [2.05, 4.69) is 17.0 Å². The molecule has 0 unspecified atom stereocenters. The predicted molar refractivity (Wildman–Crippen MR) is 135 cm³/mol. The summed E-state index contributed by atoms with van der Waals surface area (Å²) in [6.07, 6.45) is 5.66. The molecule has 0 aromatic heterocycles. The summed E-state index contributed by atoms with van der Waals surface area (Å²) in [7, 11) is 3.35. The van der Waals surface area contributed by atoms with Crippen molar-refractivity contribution in [1.29, 1.82) is 0 Å². The molecule has 7 heteroatoms. The number of unbranched alkanes of at least 4 members (excludes halogenated alkanes) is 1. The van der Waals surface area contributed by atoms with Gasteiger partial charge < -0.3 is 14.4 Å². The molecule has 0 saturated carbocycles. The number of ketones is 1. The van der Waals surface area contributed by atoms with Crippen LogP contribution in [0.15, 0.2) is 24.3 Å². The summed E-state index contributed by atoms with van der Waals surface area (Å²) in [6.45, 7) is 3.69. The molecular formula is C27H33ClN2O4. The smallest absolute Gasteiger partial charge is 0.227 e. The van der Waals surface area contributed by atoms with Gasteiger partial charge in [-0.15, -0.1) is 12.4 Å². The fraction of sp³-hybridized carbons (Fsp3) is 0.481. The Morgan fingerprint density at radius 1 is 0.853 bits per heavy atom. The summed E-state index contributed by atoms with van der Waals surface area (Å²) in [5.41, 5.74) is 6.89. The van der Waals surface area contributed by atoms with Gasteiger partial charge in [0.15, 0.2) is 17.3 Å². The molecule has 2 aromatic carbocycles. The van der Waals surface area contributed by atoms with Crippen LogP contribution < -0.4 is 14.4 Å². The Morgan fingerprint density at radius 3 is 2.26 bits per heavy atom. The number of nitrogens with zero attached hydrogens (tertiary/aromatic N) is 2. The molecule has 0 saturated heterocycles. The summed E-state index contributed by atoms with van der Waals surface area (Å²) in [5.74, 6) is 2.02. The lowest BCUT2D eigenvalue weighted by Crippen LogP contribution is -2.32. The van der Waals surface area contributed by atoms with Gasteiger partial charge in [0.1, 0.15) is 0 Å². The summed E-state index contributed by atoms with van der Waals surface area (Å²) >= 11 is 0. The Morgan fingerprint density at radius 2 is 1.53 bits per heavy atom. The van der Waals surface area contributed by atoms with Gasteiger partial charge in [-0.05, 0) is 85.2 Å². The number of methoxy groups -OCH3 is 2. The average molecular weight is 485 g/mol. The first-order valence-corrected chi connectivity index (χ1v) is 12.0. The number of halogens is 1. The second-order valence-electron chi connectivity index (χ2n) is 9.32. The Hall–Kier alpha value is -2.57. The highest BCUT2D eigenvalue weighted by atomic mass is 35.5. The molecule has 0 atom stereocenters. The maximum Gasteiger partial charge on any atom is 0.227 e. The highest BCUT2D eigenvalue weighted by Gasteiger charge is 2.32. The van der Waals surface area contributed by atoms with Gasteiger partial charge >= 0.3 is 0 Å². The second kappa shape index (κ2) is 10.4. The summed E-state index contributed by atoms with van der Waals surface area (Å²) < 4.78 is 10.9. The minimum atomic E-state index is 0. The molecule has 5 rings (SSSR count). The number of hydrogen-bond acceptors (Lipinski definition) is 5. The number of carbonyl (C=O) groups excluding carboxylic acids is 2. The topological polar surface area (TPSA) is 59.1 Å². The molecule has 3 aliphatic heterocycles. The van der Waals surface area contributed by atoms with Crippen LogP contribution in [0.3, 0.4) is 0 Å². The van der Waals surface area contributed by atoms with E-state index in [0.717, 1.165) is 81.0 Å². The Labute approximate surface area is 207 Å². The van der Waals surface area contributed by atoms with Crippen LogP contribution in [-0.4, -0.2) is 50.4 Å². The van der Waals surface area contributed by atoms with E-state index in [-0.39, 0.29) is 24.1 Å². The number of benzene rings is 2. The van der Waals surface area contributed by atoms with Crippen LogP contribution in [-0.2, 0) is 30.6 Å². The van der Waals surface area contributed by atoms with Crippen LogP contribution in [0.5, 0.6) is 11.5 Å². The van der Waals surface area contributed by atoms with Gasteiger partial charge in [0.2, 0.25) is 5.91 Å². The zero-order valence-corrected chi connectivity index (χ0v) is 20.8. The molecule has 34 heavy (non-hydrogen) atoms. The van der Waals surface area contributed by atoms with Crippen LogP contribution in [0.4, 0.5) is 5.69 Å². The number of Topliss-reactive ketones (excluding diaryl/α,β-unsaturated/α-hetero) is 1. The number of amides is 1. The molecule has 0 bridgehead atoms. The zero-order chi connectivity index (χ0) is 22.9. The second-order valence-corrected chi connectivity index (χ2v) is 9.32. The third kappa shape index (κ3) is 4.66. The van der Waals surface area contributed by atoms with E-state index in [1.54, 1.807) is 14.2 Å². The van der Waals surface area contributed by atoms with E-state index in [4.69, 9.17) is 9.47 Å². The van der Waals surface area contributed by atoms with E-state index >= 15 is 0 Å². The van der Waals surface area contributed by atoms with E-state index in [0.29, 0.717) is 12.8 Å². The molecular weight excluding hydrogens is 452 g/mol. The lowest BCUT2D eigenvalue weighted by atomic mass is 9.94. The van der Waals surface area contributed by atoms with Gasteiger partial charge in [-0.1, -0.05) is 0 Å². The van der Waals surface area contributed by atoms with Crippen molar-refractivity contribution in [2.45, 2.75) is 51.5 Å². The first-order chi connectivity index (χ1) is 16.1. The lowest BCUT2D eigenvalue weighted by Gasteiger charge is -2.29. The van der Waals surface area contributed by atoms with Crippen LogP contribution in [0.1, 0.15) is 58.3 Å². The predicted octanol–water partition coefficient (Wildman–Crippen LogP) is 4.37. The van der Waals surface area contributed by atoms with Gasteiger partial charge in [0.05, 0.1) is 19.9 Å². The molecule has 6 nitrogen and oxygen atoms in total. The first kappa shape index (κ1) is 24.6. The molecule has 182 valence electrons. The van der Waals surface area contributed by atoms with Crippen molar-refractivity contribution in [3.8, 4) is 11.5 Å². The van der Waals surface area contributed by atoms with Crippen molar-refractivity contribution in [2.24, 2.45) is 0 Å². The number of ether oxygens (including phenoxy) is 2. The highest BCUT2D eigenvalue weighted by molar-refractivity contribution is 6.02. The molecule has 1 amide bonds. The maximum atomic E-state index is 12.9. The Kier molecular flexibility index (Phi) is 7.48. The van der Waals surface area contributed by atoms with Crippen LogP contribution in [0, 0.1) is 0 Å². The van der Waals surface area contributed by atoms with E-state index in [9.17, 15) is 9.59 Å². The summed E-state index contributed by atoms with van der Waals surface area (Å²) in [6, 6.07) is 8.26. The van der Waals surface area contributed by atoms with Gasteiger partial charge in [0.25, 0.3) is 0 Å². The molecule has 0 radical (unpaired) electrons. The monoisotopic (exact) mass is 484 g/mol. The number of anilines is 1. The van der Waals surface area contributed by atoms with Crippen molar-refractivity contribution in [2.75, 3.05) is 38.8 Å². The average Bonchev–Trinajstić information content (AvgIpc) is 3.28. The lowest BCUT2D eigenvalue weighted by molar-refractivity contribution is -0.118. The first-order valence-electron chi connectivity index (χ1n) is 12.0. The van der Waals surface area contributed by atoms with Crippen molar-refractivity contribution in [1.82, 2.24) is 4.90 Å². The maximum absolute atomic E-state index is 12.9. The quantitative estimate of drug-likeness (QED) is 0.411. The van der Waals surface area contributed by atoms with E-state index in [1.165, 1.54) is 22.3 Å². The van der Waals surface area contributed by atoms with Gasteiger partial charge in [0, 0.05) is 38.0 Å². The minimum absolute atomic E-state index is 0. The third-order valence-electron chi connectivity index (χ3n) is 7.30. The van der Waals surface area contributed by atoms with Gasteiger partial charge in [-0.2, -0.15) is 0 Å². The molecule has 0 aliphatic carbocycles. The van der Waals surface area contributed by atoms with Crippen LogP contribution in [0.2, 0.25) is 0 Å². The standard InChI is InChI=1S/C27H32N2O4.ClH/c1-32-24-15-18-8-11-28(17-22(18)16-25(24)33-2)10-4-3-5-23(30)21-13-19-6-7-26(31)29-12-9-20(14-21)27(19)29;/h13-16H,3-12,17H2,1-2H3;1H. The Balaban J connectivity index is 0.00000274. The van der Waals surface area contributed by atoms with E-state index < -0.39 is 0 Å². The minimum Gasteiger partial charge on any atom is -0.493 e. The third-order valence-corrected chi connectivity index (χ3v) is 7.30. The van der Waals surface area contributed by atoms with Crippen molar-refractivity contribution >= 4 is 29.8 Å². The number of hydrogen-bond donors (Lipinski definition) is 0. The van der Waals surface area contributed by atoms with E-state index in [1.807, 2.05) is 17.0 Å².